The van der Waals surface area contributed by atoms with E-state index in [0.29, 0.717) is 18.9 Å². The Balaban J connectivity index is 1.56. The van der Waals surface area contributed by atoms with Crippen LogP contribution in [0.5, 0.6) is 5.75 Å². The summed E-state index contributed by atoms with van der Waals surface area (Å²) in [5.74, 6) is 1.36. The molecule has 0 aromatic heterocycles. The van der Waals surface area contributed by atoms with Crippen LogP contribution in [0.25, 0.3) is 10.8 Å². The maximum absolute atomic E-state index is 10.5. The molecule has 2 unspecified atom stereocenters. The average Bonchev–Trinajstić information content (AvgIpc) is 2.92. The Labute approximate surface area is 162 Å². The second-order valence-electron chi connectivity index (χ2n) is 7.67. The van der Waals surface area contributed by atoms with Crippen molar-refractivity contribution in [3.8, 4) is 5.75 Å². The summed E-state index contributed by atoms with van der Waals surface area (Å²) < 4.78 is 6.07. The molecular formula is C23H31ClO2. The number of rotatable bonds is 9. The van der Waals surface area contributed by atoms with Gasteiger partial charge in [-0.1, -0.05) is 69.4 Å². The van der Waals surface area contributed by atoms with E-state index in [9.17, 15) is 5.11 Å². The minimum atomic E-state index is -0.349. The summed E-state index contributed by atoms with van der Waals surface area (Å²) in [7, 11) is 0. The second kappa shape index (κ2) is 9.62. The SMILES string of the molecule is CCCCCCC[C@H]1C(Cl)C[C@@H](O)C1COc1ccc2ccccc2c1. The summed E-state index contributed by atoms with van der Waals surface area (Å²) in [6.45, 7) is 2.78. The van der Waals surface area contributed by atoms with E-state index in [2.05, 4.69) is 31.2 Å². The molecule has 1 aliphatic rings. The number of unbranched alkanes of at least 4 members (excludes halogenated alkanes) is 4. The summed E-state index contributed by atoms with van der Waals surface area (Å²) in [6, 6.07) is 14.5. The van der Waals surface area contributed by atoms with E-state index in [1.807, 2.05) is 18.2 Å². The maximum atomic E-state index is 10.5. The van der Waals surface area contributed by atoms with Gasteiger partial charge < -0.3 is 9.84 Å². The standard InChI is InChI=1S/C23H31ClO2/c1-2-3-4-5-6-11-20-21(23(25)15-22(20)24)16-26-19-13-12-17-9-7-8-10-18(17)14-19/h7-10,12-14,20-23,25H,2-6,11,15-16H2,1H3/t20-,21?,22?,23-/m1/s1. The zero-order chi connectivity index (χ0) is 18.4. The van der Waals surface area contributed by atoms with Crippen molar-refractivity contribution in [3.05, 3.63) is 42.5 Å². The van der Waals surface area contributed by atoms with E-state index < -0.39 is 0 Å². The minimum absolute atomic E-state index is 0.0707. The van der Waals surface area contributed by atoms with E-state index in [4.69, 9.17) is 16.3 Å². The first-order valence-corrected chi connectivity index (χ1v) is 10.6. The summed E-state index contributed by atoms with van der Waals surface area (Å²) in [5.41, 5.74) is 0. The number of benzene rings is 2. The zero-order valence-electron chi connectivity index (χ0n) is 15.7. The number of aliphatic hydroxyl groups excluding tert-OH is 1. The van der Waals surface area contributed by atoms with Crippen LogP contribution >= 0.6 is 11.6 Å². The van der Waals surface area contributed by atoms with Crippen molar-refractivity contribution in [1.29, 1.82) is 0 Å². The van der Waals surface area contributed by atoms with Gasteiger partial charge in [-0.2, -0.15) is 0 Å². The van der Waals surface area contributed by atoms with Crippen LogP contribution in [-0.2, 0) is 0 Å². The molecule has 0 saturated heterocycles. The fraction of sp³-hybridized carbons (Fsp3) is 0.565. The third-order valence-electron chi connectivity index (χ3n) is 5.78. The smallest absolute Gasteiger partial charge is 0.119 e. The van der Waals surface area contributed by atoms with Gasteiger partial charge in [-0.15, -0.1) is 11.6 Å². The molecule has 0 aliphatic heterocycles. The molecule has 0 radical (unpaired) electrons. The van der Waals surface area contributed by atoms with Gasteiger partial charge in [0.05, 0.1) is 12.7 Å². The van der Waals surface area contributed by atoms with Crippen LogP contribution in [0.1, 0.15) is 51.9 Å². The van der Waals surface area contributed by atoms with E-state index in [0.717, 1.165) is 12.2 Å². The molecule has 1 fully saturated rings. The van der Waals surface area contributed by atoms with Crippen molar-refractivity contribution in [2.24, 2.45) is 11.8 Å². The molecule has 2 aromatic rings. The lowest BCUT2D eigenvalue weighted by Crippen LogP contribution is -2.27. The summed E-state index contributed by atoms with van der Waals surface area (Å²) in [5, 5.41) is 12.9. The molecule has 142 valence electrons. The predicted molar refractivity (Wildman–Crippen MR) is 110 cm³/mol. The van der Waals surface area contributed by atoms with Gasteiger partial charge in [-0.3, -0.25) is 0 Å². The molecule has 0 amide bonds. The Bertz CT molecular complexity index is 687. The van der Waals surface area contributed by atoms with Crippen LogP contribution in [0.4, 0.5) is 0 Å². The average molecular weight is 375 g/mol. The Kier molecular flexibility index (Phi) is 7.22. The molecule has 0 heterocycles. The summed E-state index contributed by atoms with van der Waals surface area (Å²) >= 11 is 6.55. The zero-order valence-corrected chi connectivity index (χ0v) is 16.5. The highest BCUT2D eigenvalue weighted by Crippen LogP contribution is 2.39. The highest BCUT2D eigenvalue weighted by atomic mass is 35.5. The number of aliphatic hydroxyl groups is 1. The molecule has 0 spiro atoms. The van der Waals surface area contributed by atoms with Crippen LogP contribution in [0.3, 0.4) is 0 Å². The molecule has 1 aliphatic carbocycles. The summed E-state index contributed by atoms with van der Waals surface area (Å²) in [4.78, 5) is 0. The third-order valence-corrected chi connectivity index (χ3v) is 6.28. The Morgan fingerprint density at radius 3 is 2.58 bits per heavy atom. The van der Waals surface area contributed by atoms with Gasteiger partial charge in [-0.05, 0) is 41.7 Å². The second-order valence-corrected chi connectivity index (χ2v) is 8.23. The van der Waals surface area contributed by atoms with Crippen LogP contribution in [-0.4, -0.2) is 23.2 Å². The quantitative estimate of drug-likeness (QED) is 0.419. The predicted octanol–water partition coefficient (Wildman–Crippen LogP) is 6.18. The van der Waals surface area contributed by atoms with E-state index in [-0.39, 0.29) is 17.4 Å². The molecule has 3 rings (SSSR count). The van der Waals surface area contributed by atoms with Gasteiger partial charge in [0.25, 0.3) is 0 Å². The molecule has 1 saturated carbocycles. The first-order valence-electron chi connectivity index (χ1n) is 10.1. The van der Waals surface area contributed by atoms with Gasteiger partial charge in [-0.25, -0.2) is 0 Å². The molecule has 0 bridgehead atoms. The highest BCUT2D eigenvalue weighted by Gasteiger charge is 2.41. The van der Waals surface area contributed by atoms with E-state index in [1.54, 1.807) is 0 Å². The maximum Gasteiger partial charge on any atom is 0.119 e. The molecule has 2 nitrogen and oxygen atoms in total. The Morgan fingerprint density at radius 2 is 1.77 bits per heavy atom. The van der Waals surface area contributed by atoms with Crippen molar-refractivity contribution < 1.29 is 9.84 Å². The van der Waals surface area contributed by atoms with Crippen LogP contribution in [0, 0.1) is 11.8 Å². The van der Waals surface area contributed by atoms with Gasteiger partial charge in [0.2, 0.25) is 0 Å². The van der Waals surface area contributed by atoms with Gasteiger partial charge in [0.1, 0.15) is 5.75 Å². The fourth-order valence-electron chi connectivity index (χ4n) is 4.20. The minimum Gasteiger partial charge on any atom is -0.493 e. The van der Waals surface area contributed by atoms with Gasteiger partial charge in [0.15, 0.2) is 0 Å². The Hall–Kier alpha value is -1.25. The molecule has 1 N–H and O–H groups in total. The number of alkyl halides is 1. The van der Waals surface area contributed by atoms with Crippen molar-refractivity contribution in [2.45, 2.75) is 63.4 Å². The highest BCUT2D eigenvalue weighted by molar-refractivity contribution is 6.21. The molecule has 26 heavy (non-hydrogen) atoms. The lowest BCUT2D eigenvalue weighted by molar-refractivity contribution is 0.0779. The third kappa shape index (κ3) is 4.92. The van der Waals surface area contributed by atoms with Crippen LogP contribution in [0.2, 0.25) is 0 Å². The lowest BCUT2D eigenvalue weighted by atomic mass is 9.90. The number of hydrogen-bond donors (Lipinski definition) is 1. The van der Waals surface area contributed by atoms with E-state index >= 15 is 0 Å². The first kappa shape index (κ1) is 19.5. The summed E-state index contributed by atoms with van der Waals surface area (Å²) in [6.07, 6.45) is 7.78. The number of ether oxygens (including phenoxy) is 1. The Morgan fingerprint density at radius 1 is 1.00 bits per heavy atom. The van der Waals surface area contributed by atoms with Crippen molar-refractivity contribution in [1.82, 2.24) is 0 Å². The van der Waals surface area contributed by atoms with Crippen LogP contribution in [0.15, 0.2) is 42.5 Å². The molecule has 3 heteroatoms. The number of hydrogen-bond acceptors (Lipinski definition) is 2. The van der Waals surface area contributed by atoms with Crippen molar-refractivity contribution in [2.75, 3.05) is 6.61 Å². The fourth-order valence-corrected chi connectivity index (χ4v) is 4.69. The largest absolute Gasteiger partial charge is 0.493 e. The van der Waals surface area contributed by atoms with Crippen LogP contribution < -0.4 is 4.74 Å². The lowest BCUT2D eigenvalue weighted by Gasteiger charge is -2.23. The molecular weight excluding hydrogens is 344 g/mol. The molecule has 2 aromatic carbocycles. The van der Waals surface area contributed by atoms with Crippen molar-refractivity contribution >= 4 is 22.4 Å². The van der Waals surface area contributed by atoms with Crippen molar-refractivity contribution in [3.63, 3.8) is 0 Å². The first-order chi connectivity index (χ1) is 12.7. The topological polar surface area (TPSA) is 29.5 Å². The van der Waals surface area contributed by atoms with Gasteiger partial charge >= 0.3 is 0 Å². The number of halogens is 1. The normalized spacial score (nSPS) is 25.7. The number of fused-ring (bicyclic) bond motifs is 1. The van der Waals surface area contributed by atoms with Gasteiger partial charge in [0, 0.05) is 11.3 Å². The molecule has 4 atom stereocenters. The van der Waals surface area contributed by atoms with E-state index in [1.165, 1.54) is 42.9 Å². The monoisotopic (exact) mass is 374 g/mol.